The van der Waals surface area contributed by atoms with Gasteiger partial charge in [0.15, 0.2) is 5.65 Å². The first-order chi connectivity index (χ1) is 14.0. The summed E-state index contributed by atoms with van der Waals surface area (Å²) < 4.78 is 1.52. The maximum atomic E-state index is 12.9. The van der Waals surface area contributed by atoms with Crippen molar-refractivity contribution in [2.24, 2.45) is 0 Å². The lowest BCUT2D eigenvalue weighted by Gasteiger charge is -2.18. The molecule has 0 atom stereocenters. The predicted molar refractivity (Wildman–Crippen MR) is 109 cm³/mol. The van der Waals surface area contributed by atoms with E-state index in [-0.39, 0.29) is 23.4 Å². The number of anilines is 1. The van der Waals surface area contributed by atoms with Crippen LogP contribution in [0.25, 0.3) is 5.65 Å². The summed E-state index contributed by atoms with van der Waals surface area (Å²) >= 11 is 0. The molecule has 0 bridgehead atoms. The Kier molecular flexibility index (Phi) is 5.00. The molecular weight excluding hydrogens is 368 g/mol. The van der Waals surface area contributed by atoms with Gasteiger partial charge in [0, 0.05) is 29.9 Å². The van der Waals surface area contributed by atoms with E-state index in [1.165, 1.54) is 10.8 Å². The first-order valence-corrected chi connectivity index (χ1v) is 9.87. The van der Waals surface area contributed by atoms with Crippen molar-refractivity contribution in [2.45, 2.75) is 39.5 Å². The average molecular weight is 392 g/mol. The van der Waals surface area contributed by atoms with Gasteiger partial charge in [0.1, 0.15) is 12.0 Å². The fourth-order valence-electron chi connectivity index (χ4n) is 3.67. The van der Waals surface area contributed by atoms with E-state index in [1.54, 1.807) is 18.2 Å². The molecule has 2 aromatic heterocycles. The van der Waals surface area contributed by atoms with Gasteiger partial charge in [-0.1, -0.05) is 19.9 Å². The molecule has 29 heavy (non-hydrogen) atoms. The van der Waals surface area contributed by atoms with Gasteiger partial charge < -0.3 is 10.2 Å². The number of nitrogens with one attached hydrogen (secondary N) is 1. The Balaban J connectivity index is 1.63. The highest BCUT2D eigenvalue weighted by molar-refractivity contribution is 6.05. The van der Waals surface area contributed by atoms with Crippen LogP contribution in [0.2, 0.25) is 0 Å². The van der Waals surface area contributed by atoms with E-state index >= 15 is 0 Å². The van der Waals surface area contributed by atoms with Crippen LogP contribution in [0.1, 0.15) is 64.6 Å². The third-order valence-corrected chi connectivity index (χ3v) is 5.36. The molecule has 8 nitrogen and oxygen atoms in total. The molecule has 0 aliphatic carbocycles. The zero-order valence-electron chi connectivity index (χ0n) is 16.8. The van der Waals surface area contributed by atoms with E-state index in [2.05, 4.69) is 20.6 Å². The monoisotopic (exact) mass is 392 g/mol. The third kappa shape index (κ3) is 3.57. The summed E-state index contributed by atoms with van der Waals surface area (Å²) in [6, 6.07) is 7.15. The Hall–Kier alpha value is -3.29. The molecule has 1 N–H and O–H groups in total. The molecule has 2 amide bonds. The Morgan fingerprint density at radius 3 is 2.66 bits per heavy atom. The number of rotatable bonds is 4. The van der Waals surface area contributed by atoms with Gasteiger partial charge in [-0.2, -0.15) is 9.61 Å². The number of nitrogens with zero attached hydrogens (tertiary/aromatic N) is 5. The van der Waals surface area contributed by atoms with Crippen LogP contribution in [0.15, 0.2) is 30.6 Å². The lowest BCUT2D eigenvalue weighted by molar-refractivity contribution is 0.0791. The summed E-state index contributed by atoms with van der Waals surface area (Å²) in [5.74, 6) is -0.155. The van der Waals surface area contributed by atoms with E-state index in [1.807, 2.05) is 31.7 Å². The van der Waals surface area contributed by atoms with Crippen molar-refractivity contribution in [1.29, 1.82) is 0 Å². The molecule has 1 fully saturated rings. The SMILES string of the molecule is Cc1c(NC(=O)c2cc(C(C)C)c3nncn3n2)cccc1C(=O)N1CCCC1. The van der Waals surface area contributed by atoms with Gasteiger partial charge in [-0.3, -0.25) is 9.59 Å². The summed E-state index contributed by atoms with van der Waals surface area (Å²) in [5, 5.41) is 15.2. The minimum absolute atomic E-state index is 0.0160. The first kappa shape index (κ1) is 19.0. The quantitative estimate of drug-likeness (QED) is 0.737. The molecule has 4 rings (SSSR count). The van der Waals surface area contributed by atoms with Crippen LogP contribution in [0.3, 0.4) is 0 Å². The minimum Gasteiger partial charge on any atom is -0.339 e. The van der Waals surface area contributed by atoms with Gasteiger partial charge in [0.25, 0.3) is 11.8 Å². The number of likely N-dealkylation sites (tertiary alicyclic amines) is 1. The van der Waals surface area contributed by atoms with Crippen LogP contribution in [0, 0.1) is 6.92 Å². The van der Waals surface area contributed by atoms with Gasteiger partial charge in [0.05, 0.1) is 0 Å². The van der Waals surface area contributed by atoms with Gasteiger partial charge >= 0.3 is 0 Å². The number of benzene rings is 1. The van der Waals surface area contributed by atoms with Crippen LogP contribution in [-0.2, 0) is 0 Å². The standard InChI is InChI=1S/C21H24N6O2/c1-13(2)16-11-18(25-27-12-22-24-19(16)27)20(28)23-17-8-6-7-15(14(17)3)21(29)26-9-4-5-10-26/h6-8,11-13H,4-5,9-10H2,1-3H3,(H,23,28). The van der Waals surface area contributed by atoms with Crippen LogP contribution >= 0.6 is 0 Å². The molecule has 0 spiro atoms. The molecule has 0 saturated carbocycles. The van der Waals surface area contributed by atoms with Gasteiger partial charge in [-0.25, -0.2) is 0 Å². The van der Waals surface area contributed by atoms with Gasteiger partial charge in [-0.05, 0) is 49.4 Å². The summed E-state index contributed by atoms with van der Waals surface area (Å²) in [6.07, 6.45) is 3.56. The van der Waals surface area contributed by atoms with Crippen LogP contribution in [0.5, 0.6) is 0 Å². The van der Waals surface area contributed by atoms with E-state index in [0.717, 1.165) is 37.1 Å². The lowest BCUT2D eigenvalue weighted by atomic mass is 10.0. The first-order valence-electron chi connectivity index (χ1n) is 9.87. The molecule has 0 unspecified atom stereocenters. The molecular formula is C21H24N6O2. The molecule has 1 aliphatic rings. The summed E-state index contributed by atoms with van der Waals surface area (Å²) in [6.45, 7) is 7.49. The lowest BCUT2D eigenvalue weighted by Crippen LogP contribution is -2.28. The Labute approximate surface area is 168 Å². The molecule has 1 aromatic carbocycles. The van der Waals surface area contributed by atoms with Crippen LogP contribution < -0.4 is 5.32 Å². The molecule has 0 radical (unpaired) electrons. The van der Waals surface area contributed by atoms with Crippen LogP contribution in [-0.4, -0.2) is 49.6 Å². The van der Waals surface area contributed by atoms with E-state index in [9.17, 15) is 9.59 Å². The maximum absolute atomic E-state index is 12.9. The van der Waals surface area contributed by atoms with Crippen molar-refractivity contribution >= 4 is 23.1 Å². The number of carbonyl (C=O) groups is 2. The normalized spacial score (nSPS) is 14.0. The van der Waals surface area contributed by atoms with Crippen molar-refractivity contribution < 1.29 is 9.59 Å². The predicted octanol–water partition coefficient (Wildman–Crippen LogP) is 3.04. The third-order valence-electron chi connectivity index (χ3n) is 5.36. The largest absolute Gasteiger partial charge is 0.339 e. The van der Waals surface area contributed by atoms with E-state index in [0.29, 0.717) is 16.9 Å². The topological polar surface area (TPSA) is 92.5 Å². The molecule has 3 aromatic rings. The van der Waals surface area contributed by atoms with Crippen molar-refractivity contribution in [1.82, 2.24) is 24.7 Å². The van der Waals surface area contributed by atoms with Crippen molar-refractivity contribution in [3.63, 3.8) is 0 Å². The fourth-order valence-corrected chi connectivity index (χ4v) is 3.67. The number of fused-ring (bicyclic) bond motifs is 1. The fraction of sp³-hybridized carbons (Fsp3) is 0.381. The Bertz CT molecular complexity index is 1080. The molecule has 8 heteroatoms. The number of aromatic nitrogens is 4. The molecule has 1 aliphatic heterocycles. The molecule has 150 valence electrons. The zero-order valence-corrected chi connectivity index (χ0v) is 16.8. The molecule has 3 heterocycles. The number of hydrogen-bond donors (Lipinski definition) is 1. The second kappa shape index (κ2) is 7.62. The smallest absolute Gasteiger partial charge is 0.276 e. The Morgan fingerprint density at radius 2 is 1.93 bits per heavy atom. The highest BCUT2D eigenvalue weighted by Crippen LogP contribution is 2.24. The summed E-state index contributed by atoms with van der Waals surface area (Å²) in [5.41, 5.74) is 3.80. The minimum atomic E-state index is -0.337. The van der Waals surface area contributed by atoms with Crippen molar-refractivity contribution in [3.8, 4) is 0 Å². The second-order valence-electron chi connectivity index (χ2n) is 7.67. The summed E-state index contributed by atoms with van der Waals surface area (Å²) in [4.78, 5) is 27.6. The van der Waals surface area contributed by atoms with Crippen molar-refractivity contribution in [2.75, 3.05) is 18.4 Å². The van der Waals surface area contributed by atoms with Gasteiger partial charge in [0.2, 0.25) is 0 Å². The number of carbonyl (C=O) groups excluding carboxylic acids is 2. The number of amides is 2. The van der Waals surface area contributed by atoms with Crippen LogP contribution in [0.4, 0.5) is 5.69 Å². The summed E-state index contributed by atoms with van der Waals surface area (Å²) in [7, 11) is 0. The highest BCUT2D eigenvalue weighted by atomic mass is 16.2. The van der Waals surface area contributed by atoms with E-state index < -0.39 is 0 Å². The maximum Gasteiger partial charge on any atom is 0.276 e. The zero-order chi connectivity index (χ0) is 20.5. The van der Waals surface area contributed by atoms with Crippen molar-refractivity contribution in [3.05, 3.63) is 53.0 Å². The van der Waals surface area contributed by atoms with E-state index in [4.69, 9.17) is 0 Å². The molecule has 1 saturated heterocycles. The van der Waals surface area contributed by atoms with Gasteiger partial charge in [-0.15, -0.1) is 10.2 Å². The Morgan fingerprint density at radius 1 is 1.17 bits per heavy atom. The highest BCUT2D eigenvalue weighted by Gasteiger charge is 2.22. The second-order valence-corrected chi connectivity index (χ2v) is 7.67. The average Bonchev–Trinajstić information content (AvgIpc) is 3.39. The number of hydrogen-bond acceptors (Lipinski definition) is 5.